The minimum Gasteiger partial charge on any atom is -0.497 e. The van der Waals surface area contributed by atoms with E-state index in [4.69, 9.17) is 23.4 Å². The number of fused-ring (bicyclic) bond motifs is 1. The molecule has 2 aromatic carbocycles. The fourth-order valence-electron chi connectivity index (χ4n) is 3.90. The van der Waals surface area contributed by atoms with Gasteiger partial charge in [0.1, 0.15) is 23.4 Å². The Morgan fingerprint density at radius 3 is 2.30 bits per heavy atom. The van der Waals surface area contributed by atoms with Crippen molar-refractivity contribution in [3.8, 4) is 5.75 Å². The maximum Gasteiger partial charge on any atom is 0.192 e. The van der Waals surface area contributed by atoms with E-state index in [2.05, 4.69) is 58.1 Å². The molecule has 33 heavy (non-hydrogen) atoms. The van der Waals surface area contributed by atoms with E-state index in [0.29, 0.717) is 6.61 Å². The number of benzene rings is 2. The van der Waals surface area contributed by atoms with Gasteiger partial charge in [-0.3, -0.25) is 0 Å². The van der Waals surface area contributed by atoms with Crippen molar-refractivity contribution in [3.05, 3.63) is 60.2 Å². The Labute approximate surface area is 203 Å². The van der Waals surface area contributed by atoms with Crippen molar-refractivity contribution >= 4 is 20.1 Å². The quantitative estimate of drug-likeness (QED) is 0.438. The molecule has 2 saturated heterocycles. The third-order valence-electron chi connectivity index (χ3n) is 6.83. The van der Waals surface area contributed by atoms with E-state index in [9.17, 15) is 0 Å². The lowest BCUT2D eigenvalue weighted by Gasteiger charge is -2.49. The second-order valence-electron chi connectivity index (χ2n) is 10.2. The molecule has 0 saturated carbocycles. The predicted octanol–water partition coefficient (Wildman–Crippen LogP) is 6.41. The van der Waals surface area contributed by atoms with Gasteiger partial charge in [-0.2, -0.15) is 0 Å². The summed E-state index contributed by atoms with van der Waals surface area (Å²) >= 11 is 1.75. The van der Waals surface area contributed by atoms with Crippen LogP contribution in [0.3, 0.4) is 0 Å². The van der Waals surface area contributed by atoms with Crippen LogP contribution in [0, 0.1) is 0 Å². The van der Waals surface area contributed by atoms with Gasteiger partial charge in [-0.25, -0.2) is 0 Å². The molecule has 0 aliphatic carbocycles. The Kier molecular flexibility index (Phi) is 7.58. The molecule has 0 bridgehead atoms. The molecule has 5 nitrogen and oxygen atoms in total. The average molecular weight is 489 g/mol. The van der Waals surface area contributed by atoms with Crippen molar-refractivity contribution in [2.45, 2.75) is 80.3 Å². The molecule has 2 fully saturated rings. The van der Waals surface area contributed by atoms with Gasteiger partial charge in [0.15, 0.2) is 14.6 Å². The van der Waals surface area contributed by atoms with Gasteiger partial charge in [-0.05, 0) is 42.4 Å². The molecule has 2 aromatic rings. The fraction of sp³-hybridized carbons (Fsp3) is 0.538. The summed E-state index contributed by atoms with van der Waals surface area (Å²) in [7, 11) is -0.340. The molecule has 0 spiro atoms. The Morgan fingerprint density at radius 1 is 0.970 bits per heavy atom. The first kappa shape index (κ1) is 24.8. The van der Waals surface area contributed by atoms with Gasteiger partial charge in [0.2, 0.25) is 0 Å². The van der Waals surface area contributed by atoms with Gasteiger partial charge in [0.25, 0.3) is 0 Å². The molecule has 0 radical (unpaired) electrons. The highest BCUT2D eigenvalue weighted by atomic mass is 32.2. The summed E-state index contributed by atoms with van der Waals surface area (Å²) in [6.45, 7) is 11.9. The third-order valence-corrected chi connectivity index (χ3v) is 12.4. The zero-order chi connectivity index (χ0) is 23.6. The monoisotopic (exact) mass is 488 g/mol. The standard InChI is InChI=1S/C26H36O5SSi/c1-26(2,3)33(5,6)31-21-16-23(32-20-10-8-7-9-11-20)29-22-17-28-25(30-24(21)22)18-12-14-19(27-4)15-13-18/h7-15,21-25H,16-17H2,1-6H3/t21-,22-,23+,24+,25-/m1/s1. The highest BCUT2D eigenvalue weighted by molar-refractivity contribution is 7.99. The number of ether oxygens (including phenoxy) is 4. The molecule has 0 aromatic heterocycles. The molecule has 2 aliphatic rings. The zero-order valence-electron chi connectivity index (χ0n) is 20.4. The Balaban J connectivity index is 1.54. The smallest absolute Gasteiger partial charge is 0.192 e. The molecule has 4 rings (SSSR count). The lowest BCUT2D eigenvalue weighted by molar-refractivity contribution is -0.300. The Morgan fingerprint density at radius 2 is 1.67 bits per heavy atom. The van der Waals surface area contributed by atoms with E-state index in [1.165, 1.54) is 4.90 Å². The van der Waals surface area contributed by atoms with Gasteiger partial charge < -0.3 is 23.4 Å². The lowest BCUT2D eigenvalue weighted by atomic mass is 10.0. The molecule has 180 valence electrons. The summed E-state index contributed by atoms with van der Waals surface area (Å²) in [6.07, 6.45) is -0.0420. The van der Waals surface area contributed by atoms with Crippen molar-refractivity contribution in [2.24, 2.45) is 0 Å². The van der Waals surface area contributed by atoms with Crippen molar-refractivity contribution in [2.75, 3.05) is 13.7 Å². The van der Waals surface area contributed by atoms with E-state index < -0.39 is 14.6 Å². The van der Waals surface area contributed by atoms with Crippen molar-refractivity contribution in [1.82, 2.24) is 0 Å². The first-order chi connectivity index (χ1) is 15.7. The van der Waals surface area contributed by atoms with Gasteiger partial charge in [0, 0.05) is 16.9 Å². The maximum atomic E-state index is 6.95. The second kappa shape index (κ2) is 10.1. The predicted molar refractivity (Wildman–Crippen MR) is 134 cm³/mol. The third kappa shape index (κ3) is 5.84. The summed E-state index contributed by atoms with van der Waals surface area (Å²) < 4.78 is 31.3. The van der Waals surface area contributed by atoms with E-state index in [0.717, 1.165) is 17.7 Å². The first-order valence-electron chi connectivity index (χ1n) is 11.6. The van der Waals surface area contributed by atoms with Gasteiger partial charge >= 0.3 is 0 Å². The number of hydrogen-bond acceptors (Lipinski definition) is 6. The summed E-state index contributed by atoms with van der Waals surface area (Å²) in [5, 5.41) is 0.115. The zero-order valence-corrected chi connectivity index (χ0v) is 22.3. The molecule has 2 heterocycles. The van der Waals surface area contributed by atoms with Crippen LogP contribution in [-0.2, 0) is 18.6 Å². The molecule has 0 N–H and O–H groups in total. The highest BCUT2D eigenvalue weighted by Crippen LogP contribution is 2.44. The van der Waals surface area contributed by atoms with E-state index in [-0.39, 0.29) is 28.8 Å². The highest BCUT2D eigenvalue weighted by Gasteiger charge is 2.49. The topological polar surface area (TPSA) is 46.2 Å². The second-order valence-corrected chi connectivity index (χ2v) is 16.2. The lowest BCUT2D eigenvalue weighted by Crippen LogP contribution is -2.58. The molecule has 7 heteroatoms. The summed E-state index contributed by atoms with van der Waals surface area (Å²) in [4.78, 5) is 1.20. The molecule has 5 atom stereocenters. The molecule has 2 aliphatic heterocycles. The van der Waals surface area contributed by atoms with E-state index in [1.54, 1.807) is 18.9 Å². The largest absolute Gasteiger partial charge is 0.497 e. The summed E-state index contributed by atoms with van der Waals surface area (Å²) in [6, 6.07) is 18.2. The van der Waals surface area contributed by atoms with Gasteiger partial charge in [-0.15, -0.1) is 0 Å². The van der Waals surface area contributed by atoms with E-state index >= 15 is 0 Å². The van der Waals surface area contributed by atoms with Crippen LogP contribution in [-0.4, -0.2) is 45.8 Å². The SMILES string of the molecule is COc1ccc([C@@H]2OC[C@H]3O[C@@H](Sc4ccccc4)C[C@@H](O[Si](C)(C)C(C)(C)C)[C@@H]3O2)cc1. The number of methoxy groups -OCH3 is 1. The number of hydrogen-bond donors (Lipinski definition) is 0. The molecular weight excluding hydrogens is 452 g/mol. The average Bonchev–Trinajstić information content (AvgIpc) is 2.79. The minimum atomic E-state index is -2.01. The van der Waals surface area contributed by atoms with Crippen LogP contribution >= 0.6 is 11.8 Å². The summed E-state index contributed by atoms with van der Waals surface area (Å²) in [5.41, 5.74) is 0.967. The van der Waals surface area contributed by atoms with Crippen LogP contribution in [0.5, 0.6) is 5.75 Å². The van der Waals surface area contributed by atoms with E-state index in [1.807, 2.05) is 30.3 Å². The van der Waals surface area contributed by atoms with Crippen LogP contribution in [0.25, 0.3) is 0 Å². The van der Waals surface area contributed by atoms with Gasteiger partial charge in [0.05, 0.1) is 19.8 Å². The van der Waals surface area contributed by atoms with Crippen LogP contribution in [0.2, 0.25) is 18.1 Å². The number of thioether (sulfide) groups is 1. The number of rotatable bonds is 6. The summed E-state index contributed by atoms with van der Waals surface area (Å²) in [5.74, 6) is 0.813. The fourth-order valence-corrected chi connectivity index (χ4v) is 6.34. The molecular formula is C26H36O5SSi. The van der Waals surface area contributed by atoms with Crippen LogP contribution in [0.4, 0.5) is 0 Å². The van der Waals surface area contributed by atoms with Crippen molar-refractivity contribution < 1.29 is 23.4 Å². The first-order valence-corrected chi connectivity index (χ1v) is 15.4. The molecule has 0 amide bonds. The minimum absolute atomic E-state index is 0.00634. The van der Waals surface area contributed by atoms with Gasteiger partial charge in [-0.1, -0.05) is 62.9 Å². The van der Waals surface area contributed by atoms with Crippen molar-refractivity contribution in [1.29, 1.82) is 0 Å². The Bertz CT molecular complexity index is 899. The van der Waals surface area contributed by atoms with Crippen LogP contribution in [0.15, 0.2) is 59.5 Å². The maximum absolute atomic E-state index is 6.95. The van der Waals surface area contributed by atoms with Crippen molar-refractivity contribution in [3.63, 3.8) is 0 Å². The normalized spacial score (nSPS) is 28.2. The van der Waals surface area contributed by atoms with Crippen LogP contribution < -0.4 is 4.74 Å². The van der Waals surface area contributed by atoms with Crippen LogP contribution in [0.1, 0.15) is 39.0 Å². The molecule has 0 unspecified atom stereocenters. The Hall–Kier alpha value is -1.35.